The zero-order valence-electron chi connectivity index (χ0n) is 11.0. The monoisotopic (exact) mass is 367 g/mol. The van der Waals surface area contributed by atoms with Gasteiger partial charge in [-0.3, -0.25) is 4.79 Å². The van der Waals surface area contributed by atoms with E-state index in [2.05, 4.69) is 20.9 Å². The summed E-state index contributed by atoms with van der Waals surface area (Å²) in [6.07, 6.45) is -4.46. The zero-order valence-corrected chi connectivity index (χ0v) is 12.6. The quantitative estimate of drug-likeness (QED) is 0.646. The van der Waals surface area contributed by atoms with Crippen LogP contribution in [0, 0.1) is 0 Å². The molecule has 3 rings (SSSR count). The zero-order chi connectivity index (χ0) is 15.9. The average Bonchev–Trinajstić information content (AvgIpc) is 2.50. The molecule has 6 heteroatoms. The highest BCUT2D eigenvalue weighted by Crippen LogP contribution is 2.35. The summed E-state index contributed by atoms with van der Waals surface area (Å²) in [4.78, 5) is 14.8. The van der Waals surface area contributed by atoms with E-state index >= 15 is 0 Å². The second kappa shape index (κ2) is 5.28. The number of H-pyrrole nitrogens is 1. The van der Waals surface area contributed by atoms with Gasteiger partial charge in [0.05, 0.1) is 11.3 Å². The first-order valence-corrected chi connectivity index (χ1v) is 7.15. The van der Waals surface area contributed by atoms with Gasteiger partial charge in [0.1, 0.15) is 0 Å². The lowest BCUT2D eigenvalue weighted by atomic mass is 10.0. The largest absolute Gasteiger partial charge is 0.416 e. The van der Waals surface area contributed by atoms with Crippen molar-refractivity contribution in [3.8, 4) is 11.3 Å². The minimum Gasteiger partial charge on any atom is -0.320 e. The summed E-state index contributed by atoms with van der Waals surface area (Å²) in [5.41, 5.74) is -0.0423. The molecule has 0 aliphatic heterocycles. The molecule has 0 bridgehead atoms. The molecule has 0 spiro atoms. The second-order valence-corrected chi connectivity index (χ2v) is 5.56. The molecule has 2 aromatic carbocycles. The van der Waals surface area contributed by atoms with Gasteiger partial charge in [-0.25, -0.2) is 0 Å². The van der Waals surface area contributed by atoms with Crippen molar-refractivity contribution in [3.63, 3.8) is 0 Å². The Morgan fingerprint density at radius 2 is 1.64 bits per heavy atom. The molecule has 0 saturated carbocycles. The van der Waals surface area contributed by atoms with Crippen molar-refractivity contribution >= 4 is 26.7 Å². The van der Waals surface area contributed by atoms with E-state index in [-0.39, 0.29) is 10.8 Å². The Morgan fingerprint density at radius 1 is 0.955 bits per heavy atom. The number of hydrogen-bond acceptors (Lipinski definition) is 1. The van der Waals surface area contributed by atoms with Gasteiger partial charge in [-0.1, -0.05) is 30.3 Å². The van der Waals surface area contributed by atoms with E-state index < -0.39 is 17.3 Å². The molecular weight excluding hydrogens is 359 g/mol. The number of aromatic nitrogens is 1. The summed E-state index contributed by atoms with van der Waals surface area (Å²) in [5, 5.41) is 0.442. The third-order valence-corrected chi connectivity index (χ3v) is 4.17. The normalized spacial score (nSPS) is 11.8. The van der Waals surface area contributed by atoms with E-state index in [1.54, 1.807) is 24.3 Å². The number of fused-ring (bicyclic) bond motifs is 1. The van der Waals surface area contributed by atoms with Crippen LogP contribution in [-0.4, -0.2) is 4.98 Å². The van der Waals surface area contributed by atoms with Crippen LogP contribution < -0.4 is 5.56 Å². The molecule has 3 aromatic rings. The molecule has 0 fully saturated rings. The Kier molecular flexibility index (Phi) is 3.56. The number of hydrogen-bond donors (Lipinski definition) is 1. The highest BCUT2D eigenvalue weighted by Gasteiger charge is 2.31. The van der Waals surface area contributed by atoms with Crippen molar-refractivity contribution in [3.05, 3.63) is 68.9 Å². The van der Waals surface area contributed by atoms with Gasteiger partial charge < -0.3 is 4.98 Å². The van der Waals surface area contributed by atoms with Crippen molar-refractivity contribution in [1.29, 1.82) is 0 Å². The number of aromatic amines is 1. The van der Waals surface area contributed by atoms with Crippen LogP contribution in [0.15, 0.2) is 57.8 Å². The standard InChI is InChI=1S/C16H9BrF3NO/c17-13-12-8-10(16(18,19)20)6-7-11(12)15(22)21-14(13)9-4-2-1-3-5-9/h1-8H,(H,21,22). The Bertz CT molecular complexity index is 901. The Labute approximate surface area is 131 Å². The molecule has 22 heavy (non-hydrogen) atoms. The minimum absolute atomic E-state index is 0.208. The van der Waals surface area contributed by atoms with E-state index in [0.717, 1.165) is 12.1 Å². The van der Waals surface area contributed by atoms with Gasteiger partial charge in [0.15, 0.2) is 0 Å². The minimum atomic E-state index is -4.46. The number of rotatable bonds is 1. The van der Waals surface area contributed by atoms with E-state index in [1.807, 2.05) is 6.07 Å². The summed E-state index contributed by atoms with van der Waals surface area (Å²) in [6, 6.07) is 12.0. The van der Waals surface area contributed by atoms with Crippen LogP contribution in [-0.2, 0) is 6.18 Å². The second-order valence-electron chi connectivity index (χ2n) is 4.77. The smallest absolute Gasteiger partial charge is 0.320 e. The highest BCUT2D eigenvalue weighted by atomic mass is 79.9. The van der Waals surface area contributed by atoms with Crippen molar-refractivity contribution in [2.24, 2.45) is 0 Å². The van der Waals surface area contributed by atoms with Gasteiger partial charge in [-0.05, 0) is 39.7 Å². The van der Waals surface area contributed by atoms with E-state index in [9.17, 15) is 18.0 Å². The van der Waals surface area contributed by atoms with Crippen LogP contribution in [0.5, 0.6) is 0 Å². The van der Waals surface area contributed by atoms with Gasteiger partial charge in [0.25, 0.3) is 5.56 Å². The van der Waals surface area contributed by atoms with Gasteiger partial charge in [0, 0.05) is 15.2 Å². The van der Waals surface area contributed by atoms with Gasteiger partial charge in [-0.2, -0.15) is 13.2 Å². The van der Waals surface area contributed by atoms with E-state index in [0.29, 0.717) is 15.7 Å². The topological polar surface area (TPSA) is 32.9 Å². The number of nitrogens with one attached hydrogen (secondary N) is 1. The van der Waals surface area contributed by atoms with Crippen LogP contribution in [0.1, 0.15) is 5.56 Å². The molecule has 0 atom stereocenters. The third kappa shape index (κ3) is 2.54. The Morgan fingerprint density at radius 3 is 2.27 bits per heavy atom. The van der Waals surface area contributed by atoms with Crippen LogP contribution in [0.4, 0.5) is 13.2 Å². The van der Waals surface area contributed by atoms with E-state index in [1.165, 1.54) is 6.07 Å². The Hall–Kier alpha value is -2.08. The summed E-state index contributed by atoms with van der Waals surface area (Å²) in [5.74, 6) is 0. The molecule has 112 valence electrons. The maximum absolute atomic E-state index is 12.9. The molecule has 1 heterocycles. The predicted molar refractivity (Wildman–Crippen MR) is 82.7 cm³/mol. The molecule has 1 aromatic heterocycles. The number of benzene rings is 2. The first-order valence-electron chi connectivity index (χ1n) is 6.36. The molecule has 0 unspecified atom stereocenters. The fourth-order valence-corrected chi connectivity index (χ4v) is 2.93. The number of halogens is 4. The molecule has 0 aliphatic carbocycles. The van der Waals surface area contributed by atoms with Crippen molar-refractivity contribution in [1.82, 2.24) is 4.98 Å². The number of pyridine rings is 1. The lowest BCUT2D eigenvalue weighted by Crippen LogP contribution is -2.10. The molecule has 1 N–H and O–H groups in total. The lowest BCUT2D eigenvalue weighted by Gasteiger charge is -2.11. The van der Waals surface area contributed by atoms with Crippen LogP contribution in [0.3, 0.4) is 0 Å². The summed E-state index contributed by atoms with van der Waals surface area (Å²) in [6.45, 7) is 0. The SMILES string of the molecule is O=c1[nH]c(-c2ccccc2)c(Br)c2cc(C(F)(F)F)ccc12. The highest BCUT2D eigenvalue weighted by molar-refractivity contribution is 9.10. The first kappa shape index (κ1) is 14.8. The fraction of sp³-hybridized carbons (Fsp3) is 0.0625. The van der Waals surface area contributed by atoms with E-state index in [4.69, 9.17) is 0 Å². The van der Waals surface area contributed by atoms with Gasteiger partial charge in [-0.15, -0.1) is 0 Å². The maximum atomic E-state index is 12.9. The number of alkyl halides is 3. The Balaban J connectivity index is 2.34. The lowest BCUT2D eigenvalue weighted by molar-refractivity contribution is -0.137. The van der Waals surface area contributed by atoms with Crippen LogP contribution in [0.25, 0.3) is 22.0 Å². The molecule has 2 nitrogen and oxygen atoms in total. The summed E-state index contributed by atoms with van der Waals surface area (Å²) in [7, 11) is 0. The van der Waals surface area contributed by atoms with Crippen molar-refractivity contribution < 1.29 is 13.2 Å². The fourth-order valence-electron chi connectivity index (χ4n) is 2.27. The van der Waals surface area contributed by atoms with Gasteiger partial charge in [0.2, 0.25) is 0 Å². The summed E-state index contributed by atoms with van der Waals surface area (Å²) < 4.78 is 39.0. The summed E-state index contributed by atoms with van der Waals surface area (Å²) >= 11 is 3.32. The van der Waals surface area contributed by atoms with Crippen molar-refractivity contribution in [2.75, 3.05) is 0 Å². The third-order valence-electron chi connectivity index (χ3n) is 3.35. The predicted octanol–water partition coefficient (Wildman–Crippen LogP) is 4.98. The van der Waals surface area contributed by atoms with Crippen LogP contribution >= 0.6 is 15.9 Å². The average molecular weight is 368 g/mol. The molecule has 0 radical (unpaired) electrons. The van der Waals surface area contributed by atoms with Gasteiger partial charge >= 0.3 is 6.18 Å². The molecule has 0 amide bonds. The molecular formula is C16H9BrF3NO. The van der Waals surface area contributed by atoms with Crippen LogP contribution in [0.2, 0.25) is 0 Å². The maximum Gasteiger partial charge on any atom is 0.416 e. The first-order chi connectivity index (χ1) is 10.4. The molecule has 0 saturated heterocycles. The molecule has 0 aliphatic rings. The van der Waals surface area contributed by atoms with Crippen molar-refractivity contribution in [2.45, 2.75) is 6.18 Å².